The highest BCUT2D eigenvalue weighted by atomic mass is 16.6. The van der Waals surface area contributed by atoms with Crippen LogP contribution in [0.4, 0.5) is 0 Å². The Labute approximate surface area is 88.8 Å². The van der Waals surface area contributed by atoms with Gasteiger partial charge in [-0.05, 0) is 6.42 Å². The Kier molecular flexibility index (Phi) is 4.35. The van der Waals surface area contributed by atoms with Gasteiger partial charge in [0.05, 0.1) is 0 Å². The van der Waals surface area contributed by atoms with Crippen molar-refractivity contribution >= 4 is 11.9 Å². The molecule has 0 bridgehead atoms. The van der Waals surface area contributed by atoms with Crippen molar-refractivity contribution in [1.29, 1.82) is 0 Å². The minimum absolute atomic E-state index is 0.709. The molecule has 0 amide bonds. The Hall–Kier alpha value is -1.26. The molecule has 0 radical (unpaired) electrons. The Morgan fingerprint density at radius 1 is 1.06 bits per heavy atom. The molecule has 0 spiro atoms. The molecule has 0 fully saturated rings. The topological polar surface area (TPSA) is 176 Å². The van der Waals surface area contributed by atoms with Gasteiger partial charge in [0.1, 0.15) is 6.10 Å². The lowest BCUT2D eigenvalue weighted by Crippen LogP contribution is -2.65. The molecular weight excluding hydrogens is 228 g/mol. The van der Waals surface area contributed by atoms with Gasteiger partial charge in [0.15, 0.2) is 0 Å². The second-order valence-corrected chi connectivity index (χ2v) is 3.15. The molecule has 0 aliphatic rings. The van der Waals surface area contributed by atoms with Gasteiger partial charge >= 0.3 is 17.7 Å². The summed E-state index contributed by atoms with van der Waals surface area (Å²) in [6, 6.07) is 0. The fourth-order valence-electron chi connectivity index (χ4n) is 0.851. The molecule has 0 saturated carbocycles. The number of carboxylic acids is 2. The summed E-state index contributed by atoms with van der Waals surface area (Å²) in [6.07, 6.45) is -3.83. The Bertz CT molecular complexity index is 282. The number of aliphatic hydroxyl groups is 5. The highest BCUT2D eigenvalue weighted by molar-refractivity contribution is 5.76. The van der Waals surface area contributed by atoms with E-state index in [0.29, 0.717) is 0 Å². The van der Waals surface area contributed by atoms with E-state index in [1.54, 1.807) is 0 Å². The maximum Gasteiger partial charge on any atom is 0.370 e. The molecule has 7 N–H and O–H groups in total. The molecule has 0 aliphatic carbocycles. The van der Waals surface area contributed by atoms with Crippen molar-refractivity contribution in [3.63, 3.8) is 0 Å². The van der Waals surface area contributed by atoms with E-state index in [9.17, 15) is 9.59 Å². The van der Waals surface area contributed by atoms with Gasteiger partial charge in [0, 0.05) is 6.42 Å². The lowest BCUT2D eigenvalue weighted by atomic mass is 9.96. The first-order valence-electron chi connectivity index (χ1n) is 4.06. The molecule has 0 aliphatic heterocycles. The summed E-state index contributed by atoms with van der Waals surface area (Å²) in [5.74, 6) is -11.6. The molecular formula is C7H12O9. The SMILES string of the molecule is O=C(O)CCC(O)C(O)(O)C(O)(O)C(=O)O. The summed E-state index contributed by atoms with van der Waals surface area (Å²) in [5.41, 5.74) is 0. The van der Waals surface area contributed by atoms with Gasteiger partial charge in [-0.15, -0.1) is 0 Å². The number of carboxylic acid groups (broad SMARTS) is 2. The second-order valence-electron chi connectivity index (χ2n) is 3.15. The van der Waals surface area contributed by atoms with E-state index >= 15 is 0 Å². The molecule has 0 aromatic heterocycles. The smallest absolute Gasteiger partial charge is 0.370 e. The summed E-state index contributed by atoms with van der Waals surface area (Å²) in [6.45, 7) is 0. The maximum absolute atomic E-state index is 10.3. The van der Waals surface area contributed by atoms with Crippen LogP contribution in [0.5, 0.6) is 0 Å². The first kappa shape index (κ1) is 14.7. The van der Waals surface area contributed by atoms with Gasteiger partial charge in [0.2, 0.25) is 0 Å². The van der Waals surface area contributed by atoms with Crippen molar-refractivity contribution in [3.8, 4) is 0 Å². The van der Waals surface area contributed by atoms with Crippen molar-refractivity contribution in [2.75, 3.05) is 0 Å². The van der Waals surface area contributed by atoms with Gasteiger partial charge in [-0.3, -0.25) is 4.79 Å². The van der Waals surface area contributed by atoms with Gasteiger partial charge in [-0.25, -0.2) is 4.79 Å². The summed E-state index contributed by atoms with van der Waals surface area (Å²) in [4.78, 5) is 20.4. The molecule has 94 valence electrons. The van der Waals surface area contributed by atoms with E-state index in [-0.39, 0.29) is 0 Å². The molecule has 16 heavy (non-hydrogen) atoms. The normalized spacial score (nSPS) is 14.6. The minimum atomic E-state index is -4.01. The lowest BCUT2D eigenvalue weighted by molar-refractivity contribution is -0.371. The van der Waals surface area contributed by atoms with Gasteiger partial charge in [-0.1, -0.05) is 0 Å². The monoisotopic (exact) mass is 240 g/mol. The first-order chi connectivity index (χ1) is 7.03. The van der Waals surface area contributed by atoms with Crippen molar-refractivity contribution in [1.82, 2.24) is 0 Å². The zero-order valence-corrected chi connectivity index (χ0v) is 7.94. The van der Waals surface area contributed by atoms with E-state index in [2.05, 4.69) is 0 Å². The second kappa shape index (κ2) is 4.72. The van der Waals surface area contributed by atoms with Crippen LogP contribution in [0.1, 0.15) is 12.8 Å². The van der Waals surface area contributed by atoms with Crippen molar-refractivity contribution in [2.45, 2.75) is 30.5 Å². The van der Waals surface area contributed by atoms with Crippen molar-refractivity contribution in [2.24, 2.45) is 0 Å². The predicted molar refractivity (Wildman–Crippen MR) is 44.8 cm³/mol. The molecule has 1 atom stereocenters. The van der Waals surface area contributed by atoms with Crippen LogP contribution in [0, 0.1) is 0 Å². The van der Waals surface area contributed by atoms with E-state index in [1.807, 2.05) is 0 Å². The molecule has 0 heterocycles. The number of carbonyl (C=O) groups is 2. The number of rotatable bonds is 6. The maximum atomic E-state index is 10.3. The van der Waals surface area contributed by atoms with Crippen LogP contribution >= 0.6 is 0 Å². The van der Waals surface area contributed by atoms with Crippen LogP contribution < -0.4 is 0 Å². The van der Waals surface area contributed by atoms with Gasteiger partial charge < -0.3 is 35.7 Å². The van der Waals surface area contributed by atoms with E-state index in [4.69, 9.17) is 35.7 Å². The lowest BCUT2D eigenvalue weighted by Gasteiger charge is -2.34. The quantitative estimate of drug-likeness (QED) is 0.234. The van der Waals surface area contributed by atoms with Crippen molar-refractivity contribution in [3.05, 3.63) is 0 Å². The van der Waals surface area contributed by atoms with Crippen LogP contribution in [-0.4, -0.2) is 65.4 Å². The minimum Gasteiger partial charge on any atom is -0.481 e. The van der Waals surface area contributed by atoms with E-state index in [0.717, 1.165) is 0 Å². The van der Waals surface area contributed by atoms with Crippen LogP contribution in [0.2, 0.25) is 0 Å². The zero-order valence-electron chi connectivity index (χ0n) is 7.94. The Morgan fingerprint density at radius 2 is 1.50 bits per heavy atom. The van der Waals surface area contributed by atoms with Crippen LogP contribution in [0.3, 0.4) is 0 Å². The van der Waals surface area contributed by atoms with E-state index < -0.39 is 42.5 Å². The number of aliphatic carboxylic acids is 2. The summed E-state index contributed by atoms with van der Waals surface area (Å²) < 4.78 is 0. The largest absolute Gasteiger partial charge is 0.481 e. The number of hydrogen-bond acceptors (Lipinski definition) is 7. The fraction of sp³-hybridized carbons (Fsp3) is 0.714. The Balaban J connectivity index is 4.76. The zero-order chi connectivity index (χ0) is 13.1. The van der Waals surface area contributed by atoms with Crippen LogP contribution in [0.25, 0.3) is 0 Å². The third-order valence-electron chi connectivity index (χ3n) is 1.91. The summed E-state index contributed by atoms with van der Waals surface area (Å²) >= 11 is 0. The number of aliphatic hydroxyl groups excluding tert-OH is 1. The third kappa shape index (κ3) is 2.87. The summed E-state index contributed by atoms with van der Waals surface area (Å²) in [7, 11) is 0. The molecule has 0 aromatic carbocycles. The third-order valence-corrected chi connectivity index (χ3v) is 1.91. The molecule has 9 heteroatoms. The van der Waals surface area contributed by atoms with E-state index in [1.165, 1.54) is 0 Å². The average Bonchev–Trinajstić information content (AvgIpc) is 2.13. The highest BCUT2D eigenvalue weighted by Gasteiger charge is 2.58. The first-order valence-corrected chi connectivity index (χ1v) is 4.06. The molecule has 1 unspecified atom stereocenters. The standard InChI is InChI=1S/C7H12O9/c8-3(1-2-4(9)10)6(13,14)7(15,16)5(11)12/h3,8,13-16H,1-2H2,(H,9,10)(H,11,12). The van der Waals surface area contributed by atoms with Crippen LogP contribution in [0.15, 0.2) is 0 Å². The molecule has 9 nitrogen and oxygen atoms in total. The average molecular weight is 240 g/mol. The predicted octanol–water partition coefficient (Wildman–Crippen LogP) is -3.34. The number of hydrogen-bond donors (Lipinski definition) is 7. The highest BCUT2D eigenvalue weighted by Crippen LogP contribution is 2.24. The van der Waals surface area contributed by atoms with Crippen molar-refractivity contribution < 1.29 is 45.3 Å². The van der Waals surface area contributed by atoms with Crippen LogP contribution in [-0.2, 0) is 9.59 Å². The fourth-order valence-corrected chi connectivity index (χ4v) is 0.851. The van der Waals surface area contributed by atoms with Gasteiger partial charge in [0.25, 0.3) is 5.79 Å². The molecule has 0 saturated heterocycles. The summed E-state index contributed by atoms with van der Waals surface area (Å²) in [5, 5.41) is 61.2. The Morgan fingerprint density at radius 3 is 1.81 bits per heavy atom. The van der Waals surface area contributed by atoms with Gasteiger partial charge in [-0.2, -0.15) is 0 Å². The molecule has 0 aromatic rings. The molecule has 0 rings (SSSR count).